The van der Waals surface area contributed by atoms with Crippen LogP contribution < -0.4 is 0 Å². The van der Waals surface area contributed by atoms with Gasteiger partial charge in [-0.15, -0.1) is 22.0 Å². The number of hydrogen-bond donors (Lipinski definition) is 2. The highest BCUT2D eigenvalue weighted by molar-refractivity contribution is 7.98. The number of hydrogen-bond acceptors (Lipinski definition) is 6. The average molecular weight is 374 g/mol. The Balaban J connectivity index is 2.20. The van der Waals surface area contributed by atoms with Crippen LogP contribution >= 0.6 is 11.8 Å². The minimum Gasteiger partial charge on any atom is -0.505 e. The average Bonchev–Trinajstić information content (AvgIpc) is 2.60. The molecule has 3 aromatic carbocycles. The molecule has 3 aromatic rings. The van der Waals surface area contributed by atoms with E-state index in [0.717, 1.165) is 11.0 Å². The highest BCUT2D eigenvalue weighted by atomic mass is 32.2. The SMILES string of the molecule is CSc1ccccc1N=Nc1cc(S(=O)(=O)O)c2ccccc2c1O. The van der Waals surface area contributed by atoms with Crippen molar-refractivity contribution in [2.75, 3.05) is 6.26 Å². The molecule has 0 unspecified atom stereocenters. The summed E-state index contributed by atoms with van der Waals surface area (Å²) < 4.78 is 32.9. The predicted octanol–water partition coefficient (Wildman–Crippen LogP) is 4.93. The van der Waals surface area contributed by atoms with Crippen molar-refractivity contribution in [3.63, 3.8) is 0 Å². The van der Waals surface area contributed by atoms with Gasteiger partial charge in [0.2, 0.25) is 0 Å². The monoisotopic (exact) mass is 374 g/mol. The van der Waals surface area contributed by atoms with E-state index in [4.69, 9.17) is 0 Å². The van der Waals surface area contributed by atoms with Gasteiger partial charge in [-0.2, -0.15) is 8.42 Å². The molecule has 3 rings (SSSR count). The summed E-state index contributed by atoms with van der Waals surface area (Å²) in [6.45, 7) is 0. The van der Waals surface area contributed by atoms with Gasteiger partial charge < -0.3 is 5.11 Å². The minimum atomic E-state index is -4.48. The smallest absolute Gasteiger partial charge is 0.295 e. The molecular formula is C17H14N2O4S2. The molecule has 6 nitrogen and oxygen atoms in total. The molecule has 2 N–H and O–H groups in total. The van der Waals surface area contributed by atoms with Gasteiger partial charge in [-0.05, 0) is 24.5 Å². The third kappa shape index (κ3) is 3.51. The van der Waals surface area contributed by atoms with Gasteiger partial charge in [0.1, 0.15) is 10.6 Å². The molecule has 0 aliphatic heterocycles. The second kappa shape index (κ2) is 6.83. The van der Waals surface area contributed by atoms with Crippen LogP contribution in [0.5, 0.6) is 5.75 Å². The Morgan fingerprint density at radius 3 is 2.20 bits per heavy atom. The molecule has 0 bridgehead atoms. The first-order chi connectivity index (χ1) is 11.9. The van der Waals surface area contributed by atoms with E-state index < -0.39 is 10.1 Å². The van der Waals surface area contributed by atoms with E-state index in [0.29, 0.717) is 5.69 Å². The van der Waals surface area contributed by atoms with Crippen molar-refractivity contribution in [1.82, 2.24) is 0 Å². The quantitative estimate of drug-likeness (QED) is 0.383. The van der Waals surface area contributed by atoms with Crippen molar-refractivity contribution < 1.29 is 18.1 Å². The molecule has 0 amide bonds. The summed E-state index contributed by atoms with van der Waals surface area (Å²) in [4.78, 5) is 0.564. The van der Waals surface area contributed by atoms with E-state index >= 15 is 0 Å². The van der Waals surface area contributed by atoms with Crippen LogP contribution in [0.2, 0.25) is 0 Å². The first-order valence-electron chi connectivity index (χ1n) is 7.19. The summed E-state index contributed by atoms with van der Waals surface area (Å²) >= 11 is 1.49. The summed E-state index contributed by atoms with van der Waals surface area (Å²) in [5, 5.41) is 19.0. The molecule has 0 radical (unpaired) electrons. The molecule has 0 spiro atoms. The van der Waals surface area contributed by atoms with Crippen molar-refractivity contribution in [3.8, 4) is 5.75 Å². The lowest BCUT2D eigenvalue weighted by Crippen LogP contribution is -1.99. The topological polar surface area (TPSA) is 99.3 Å². The largest absolute Gasteiger partial charge is 0.505 e. The maximum Gasteiger partial charge on any atom is 0.295 e. The van der Waals surface area contributed by atoms with Gasteiger partial charge >= 0.3 is 0 Å². The Bertz CT molecular complexity index is 1080. The second-order valence-electron chi connectivity index (χ2n) is 5.13. The lowest BCUT2D eigenvalue weighted by atomic mass is 10.1. The minimum absolute atomic E-state index is 0.0396. The third-order valence-electron chi connectivity index (χ3n) is 3.59. The van der Waals surface area contributed by atoms with Crippen molar-refractivity contribution in [3.05, 3.63) is 54.6 Å². The fraction of sp³-hybridized carbons (Fsp3) is 0.0588. The Morgan fingerprint density at radius 1 is 0.920 bits per heavy atom. The first kappa shape index (κ1) is 17.4. The molecule has 0 fully saturated rings. The molecule has 0 aliphatic rings. The number of rotatable bonds is 4. The molecule has 0 atom stereocenters. The third-order valence-corrected chi connectivity index (χ3v) is 5.27. The fourth-order valence-electron chi connectivity index (χ4n) is 2.42. The highest BCUT2D eigenvalue weighted by Crippen LogP contribution is 2.40. The van der Waals surface area contributed by atoms with E-state index in [1.807, 2.05) is 18.4 Å². The zero-order valence-corrected chi connectivity index (χ0v) is 14.8. The molecule has 25 heavy (non-hydrogen) atoms. The zero-order chi connectivity index (χ0) is 18.0. The van der Waals surface area contributed by atoms with E-state index in [1.54, 1.807) is 30.3 Å². The van der Waals surface area contributed by atoms with E-state index in [-0.39, 0.29) is 27.1 Å². The summed E-state index contributed by atoms with van der Waals surface area (Å²) in [6, 6.07) is 14.7. The highest BCUT2D eigenvalue weighted by Gasteiger charge is 2.19. The van der Waals surface area contributed by atoms with Crippen molar-refractivity contribution in [2.45, 2.75) is 9.79 Å². The predicted molar refractivity (Wildman–Crippen MR) is 97.8 cm³/mol. The number of phenols is 1. The molecular weight excluding hydrogens is 360 g/mol. The van der Waals surface area contributed by atoms with Gasteiger partial charge in [-0.3, -0.25) is 4.55 Å². The van der Waals surface area contributed by atoms with Crippen molar-refractivity contribution in [1.29, 1.82) is 0 Å². The Morgan fingerprint density at radius 2 is 1.52 bits per heavy atom. The first-order valence-corrected chi connectivity index (χ1v) is 9.85. The van der Waals surface area contributed by atoms with Crippen LogP contribution in [0, 0.1) is 0 Å². The van der Waals surface area contributed by atoms with E-state index in [9.17, 15) is 18.1 Å². The second-order valence-corrected chi connectivity index (χ2v) is 7.37. The lowest BCUT2D eigenvalue weighted by molar-refractivity contribution is 0.480. The van der Waals surface area contributed by atoms with E-state index in [1.165, 1.54) is 17.8 Å². The van der Waals surface area contributed by atoms with Crippen LogP contribution in [0.25, 0.3) is 10.8 Å². The molecule has 0 aliphatic carbocycles. The van der Waals surface area contributed by atoms with Gasteiger partial charge in [0.25, 0.3) is 10.1 Å². The number of nitrogens with zero attached hydrogens (tertiary/aromatic N) is 2. The van der Waals surface area contributed by atoms with Crippen LogP contribution in [-0.2, 0) is 10.1 Å². The number of azo groups is 1. The summed E-state index contributed by atoms with van der Waals surface area (Å²) in [6.07, 6.45) is 1.90. The molecule has 0 saturated carbocycles. The van der Waals surface area contributed by atoms with E-state index in [2.05, 4.69) is 10.2 Å². The van der Waals surface area contributed by atoms with Gasteiger partial charge in [0.15, 0.2) is 5.75 Å². The lowest BCUT2D eigenvalue weighted by Gasteiger charge is -2.08. The maximum atomic E-state index is 11.7. The number of fused-ring (bicyclic) bond motifs is 1. The fourth-order valence-corrected chi connectivity index (χ4v) is 3.67. The number of benzene rings is 3. The summed E-state index contributed by atoms with van der Waals surface area (Å²) in [5.74, 6) is -0.201. The standard InChI is InChI=1S/C17H14N2O4S2/c1-24-15-9-5-4-8-13(15)18-19-14-10-16(25(21,22)23)11-6-2-3-7-12(11)17(14)20/h2-10,20H,1H3,(H,21,22,23). The van der Waals surface area contributed by atoms with Crippen LogP contribution in [-0.4, -0.2) is 24.3 Å². The van der Waals surface area contributed by atoms with Crippen LogP contribution in [0.1, 0.15) is 0 Å². The maximum absolute atomic E-state index is 11.7. The summed E-state index contributed by atoms with van der Waals surface area (Å²) in [5.41, 5.74) is 0.554. The summed E-state index contributed by atoms with van der Waals surface area (Å²) in [7, 11) is -4.48. The number of thioether (sulfide) groups is 1. The van der Waals surface area contributed by atoms with Crippen molar-refractivity contribution in [2.24, 2.45) is 10.2 Å². The molecule has 0 saturated heterocycles. The van der Waals surface area contributed by atoms with Gasteiger partial charge in [-0.25, -0.2) is 0 Å². The molecule has 0 heterocycles. The molecule has 128 valence electrons. The van der Waals surface area contributed by atoms with Gasteiger partial charge in [0, 0.05) is 15.7 Å². The van der Waals surface area contributed by atoms with Crippen LogP contribution in [0.4, 0.5) is 11.4 Å². The molecule has 8 heteroatoms. The normalized spacial score (nSPS) is 12.1. The number of aromatic hydroxyl groups is 1. The molecule has 0 aromatic heterocycles. The van der Waals surface area contributed by atoms with Crippen LogP contribution in [0.15, 0.2) is 74.6 Å². The Hall–Kier alpha value is -2.42. The van der Waals surface area contributed by atoms with Crippen molar-refractivity contribution >= 4 is 44.0 Å². The van der Waals surface area contributed by atoms with Gasteiger partial charge in [0.05, 0.1) is 5.69 Å². The van der Waals surface area contributed by atoms with Gasteiger partial charge in [-0.1, -0.05) is 36.4 Å². The Labute approximate surface area is 149 Å². The van der Waals surface area contributed by atoms with Crippen LogP contribution in [0.3, 0.4) is 0 Å². The Kier molecular flexibility index (Phi) is 4.76. The number of phenolic OH excluding ortho intramolecular Hbond substituents is 1. The zero-order valence-electron chi connectivity index (χ0n) is 13.1.